The number of rotatable bonds is 9. The van der Waals surface area contributed by atoms with Crippen LogP contribution in [0.5, 0.6) is 0 Å². The van der Waals surface area contributed by atoms with Crippen LogP contribution < -0.4 is 5.32 Å². The fourth-order valence-electron chi connectivity index (χ4n) is 4.47. The van der Waals surface area contributed by atoms with Crippen molar-refractivity contribution in [2.45, 2.75) is 77.3 Å². The third kappa shape index (κ3) is 8.08. The molecule has 1 atom stereocenters. The van der Waals surface area contributed by atoms with Crippen molar-refractivity contribution in [2.75, 3.05) is 5.75 Å². The molecule has 0 bridgehead atoms. The lowest BCUT2D eigenvalue weighted by Crippen LogP contribution is -2.50. The molecule has 178 valence electrons. The molecule has 0 heterocycles. The normalized spacial score (nSPS) is 15.2. The molecule has 3 rings (SSSR count). The Morgan fingerprint density at radius 2 is 1.76 bits per heavy atom. The molecule has 0 aromatic heterocycles. The number of carbonyl (C=O) groups is 2. The van der Waals surface area contributed by atoms with Gasteiger partial charge in [-0.2, -0.15) is 0 Å². The van der Waals surface area contributed by atoms with Gasteiger partial charge in [0.1, 0.15) is 6.04 Å². The molecule has 0 radical (unpaired) electrons. The van der Waals surface area contributed by atoms with E-state index in [1.165, 1.54) is 23.1 Å². The number of aryl methyl sites for hydroxylation is 2. The Bertz CT molecular complexity index is 939. The van der Waals surface area contributed by atoms with E-state index in [1.54, 1.807) is 16.7 Å². The molecule has 2 amide bonds. The summed E-state index contributed by atoms with van der Waals surface area (Å²) in [7, 11) is 0. The summed E-state index contributed by atoms with van der Waals surface area (Å²) in [5, 5.41) is 3.81. The Labute approximate surface area is 207 Å². The third-order valence-corrected chi connectivity index (χ3v) is 7.36. The largest absolute Gasteiger partial charge is 0.352 e. The molecule has 0 saturated heterocycles. The fourth-order valence-corrected chi connectivity index (χ4v) is 5.53. The molecule has 2 aromatic rings. The van der Waals surface area contributed by atoms with Gasteiger partial charge in [-0.05, 0) is 56.9 Å². The fraction of sp³-hybridized carbons (Fsp3) is 0.481. The van der Waals surface area contributed by atoms with E-state index in [0.717, 1.165) is 37.0 Å². The number of hydrogen-bond acceptors (Lipinski definition) is 3. The summed E-state index contributed by atoms with van der Waals surface area (Å²) in [6, 6.07) is 13.6. The molecule has 1 aliphatic rings. The monoisotopic (exact) mass is 486 g/mol. The highest BCUT2D eigenvalue weighted by Crippen LogP contribution is 2.21. The van der Waals surface area contributed by atoms with Crippen LogP contribution in [-0.2, 0) is 21.9 Å². The summed E-state index contributed by atoms with van der Waals surface area (Å²) in [5.74, 6) is 0.989. The Balaban J connectivity index is 1.66. The molecule has 4 nitrogen and oxygen atoms in total. The second-order valence-electron chi connectivity index (χ2n) is 9.16. The quantitative estimate of drug-likeness (QED) is 0.469. The van der Waals surface area contributed by atoms with Gasteiger partial charge in [0.05, 0.1) is 5.75 Å². The zero-order chi connectivity index (χ0) is 23.8. The van der Waals surface area contributed by atoms with Crippen LogP contribution in [0.1, 0.15) is 61.3 Å². The van der Waals surface area contributed by atoms with Crippen LogP contribution in [0.4, 0.5) is 0 Å². The summed E-state index contributed by atoms with van der Waals surface area (Å²) in [6.45, 7) is 6.37. The molecule has 1 N–H and O–H groups in total. The first-order chi connectivity index (χ1) is 15.8. The number of halogens is 1. The summed E-state index contributed by atoms with van der Waals surface area (Å²) in [6.07, 6.45) is 5.58. The first kappa shape index (κ1) is 25.6. The number of nitrogens with one attached hydrogen (secondary N) is 1. The highest BCUT2D eigenvalue weighted by Gasteiger charge is 2.28. The van der Waals surface area contributed by atoms with Crippen molar-refractivity contribution in [3.05, 3.63) is 69.7 Å². The van der Waals surface area contributed by atoms with Gasteiger partial charge >= 0.3 is 0 Å². The number of amides is 2. The molecular formula is C27H35ClN2O2S. The van der Waals surface area contributed by atoms with E-state index in [2.05, 4.69) is 37.4 Å². The van der Waals surface area contributed by atoms with Crippen LogP contribution in [0.25, 0.3) is 0 Å². The second kappa shape index (κ2) is 12.5. The predicted octanol–water partition coefficient (Wildman–Crippen LogP) is 6.06. The molecule has 2 aromatic carbocycles. The van der Waals surface area contributed by atoms with Gasteiger partial charge < -0.3 is 10.2 Å². The van der Waals surface area contributed by atoms with E-state index in [-0.39, 0.29) is 17.9 Å². The molecule has 1 aliphatic carbocycles. The molecule has 0 spiro atoms. The maximum atomic E-state index is 13.3. The minimum absolute atomic E-state index is 0.0318. The highest BCUT2D eigenvalue weighted by molar-refractivity contribution is 7.99. The lowest BCUT2D eigenvalue weighted by molar-refractivity contribution is -0.139. The van der Waals surface area contributed by atoms with Gasteiger partial charge in [0, 0.05) is 23.4 Å². The maximum Gasteiger partial charge on any atom is 0.242 e. The van der Waals surface area contributed by atoms with E-state index in [9.17, 15) is 9.59 Å². The van der Waals surface area contributed by atoms with Crippen molar-refractivity contribution in [1.82, 2.24) is 10.2 Å². The number of thioether (sulfide) groups is 1. The lowest BCUT2D eigenvalue weighted by atomic mass is 9.95. The van der Waals surface area contributed by atoms with Crippen LogP contribution in [0, 0.1) is 13.8 Å². The van der Waals surface area contributed by atoms with Gasteiger partial charge in [-0.3, -0.25) is 9.59 Å². The van der Waals surface area contributed by atoms with Crippen molar-refractivity contribution in [2.24, 2.45) is 0 Å². The molecule has 33 heavy (non-hydrogen) atoms. The van der Waals surface area contributed by atoms with Gasteiger partial charge in [-0.1, -0.05) is 72.3 Å². The summed E-state index contributed by atoms with van der Waals surface area (Å²) >= 11 is 7.76. The SMILES string of the molecule is Cc1cc(C)cc(CSCC(=O)N(Cc2cccc(Cl)c2)[C@H](C)C(=O)NC2CCCCC2)c1. The zero-order valence-corrected chi connectivity index (χ0v) is 21.5. The maximum absolute atomic E-state index is 13.3. The van der Waals surface area contributed by atoms with Crippen LogP contribution in [0.2, 0.25) is 5.02 Å². The van der Waals surface area contributed by atoms with Gasteiger partial charge in [0.15, 0.2) is 0 Å². The van der Waals surface area contributed by atoms with E-state index < -0.39 is 6.04 Å². The van der Waals surface area contributed by atoms with E-state index in [0.29, 0.717) is 17.3 Å². The lowest BCUT2D eigenvalue weighted by Gasteiger charge is -2.31. The van der Waals surface area contributed by atoms with Crippen molar-refractivity contribution >= 4 is 35.2 Å². The van der Waals surface area contributed by atoms with Crippen molar-refractivity contribution in [1.29, 1.82) is 0 Å². The summed E-state index contributed by atoms with van der Waals surface area (Å²) in [4.78, 5) is 28.0. The molecule has 6 heteroatoms. The summed E-state index contributed by atoms with van der Waals surface area (Å²) in [5.41, 5.74) is 4.60. The summed E-state index contributed by atoms with van der Waals surface area (Å²) < 4.78 is 0. The third-order valence-electron chi connectivity index (χ3n) is 6.14. The number of nitrogens with zero attached hydrogens (tertiary/aromatic N) is 1. The standard InChI is InChI=1S/C27H35ClN2O2S/c1-19-12-20(2)14-23(13-19)17-33-18-26(31)30(16-22-8-7-9-24(28)15-22)21(3)27(32)29-25-10-5-4-6-11-25/h7-9,12-15,21,25H,4-6,10-11,16-18H2,1-3H3,(H,29,32)/t21-/m1/s1. The van der Waals surface area contributed by atoms with Gasteiger partial charge in [-0.25, -0.2) is 0 Å². The molecular weight excluding hydrogens is 452 g/mol. The second-order valence-corrected chi connectivity index (χ2v) is 10.6. The Morgan fingerprint density at radius 1 is 1.06 bits per heavy atom. The first-order valence-corrected chi connectivity index (χ1v) is 13.3. The Morgan fingerprint density at radius 3 is 2.42 bits per heavy atom. The van der Waals surface area contributed by atoms with Crippen LogP contribution in [-0.4, -0.2) is 34.6 Å². The minimum Gasteiger partial charge on any atom is -0.352 e. The zero-order valence-electron chi connectivity index (χ0n) is 19.9. The number of hydrogen-bond donors (Lipinski definition) is 1. The topological polar surface area (TPSA) is 49.4 Å². The minimum atomic E-state index is -0.541. The average molecular weight is 487 g/mol. The van der Waals surface area contributed by atoms with Gasteiger partial charge in [0.25, 0.3) is 0 Å². The van der Waals surface area contributed by atoms with Crippen LogP contribution in [0.15, 0.2) is 42.5 Å². The number of carbonyl (C=O) groups excluding carboxylic acids is 2. The molecule has 1 fully saturated rings. The Hall–Kier alpha value is -1.98. The van der Waals surface area contributed by atoms with E-state index in [4.69, 9.17) is 11.6 Å². The van der Waals surface area contributed by atoms with Crippen molar-refractivity contribution in [3.8, 4) is 0 Å². The van der Waals surface area contributed by atoms with Crippen molar-refractivity contribution < 1.29 is 9.59 Å². The van der Waals surface area contributed by atoms with E-state index in [1.807, 2.05) is 31.2 Å². The van der Waals surface area contributed by atoms with Gasteiger partial charge in [0.2, 0.25) is 11.8 Å². The molecule has 1 saturated carbocycles. The Kier molecular flexibility index (Phi) is 9.69. The average Bonchev–Trinajstić information content (AvgIpc) is 2.77. The molecule has 0 unspecified atom stereocenters. The number of benzene rings is 2. The van der Waals surface area contributed by atoms with Crippen LogP contribution >= 0.6 is 23.4 Å². The molecule has 0 aliphatic heterocycles. The van der Waals surface area contributed by atoms with Crippen molar-refractivity contribution in [3.63, 3.8) is 0 Å². The highest BCUT2D eigenvalue weighted by atomic mass is 35.5. The smallest absolute Gasteiger partial charge is 0.242 e. The van der Waals surface area contributed by atoms with Crippen LogP contribution in [0.3, 0.4) is 0 Å². The first-order valence-electron chi connectivity index (χ1n) is 11.8. The van der Waals surface area contributed by atoms with E-state index >= 15 is 0 Å². The van der Waals surface area contributed by atoms with Gasteiger partial charge in [-0.15, -0.1) is 11.8 Å². The predicted molar refractivity (Wildman–Crippen MR) is 139 cm³/mol.